The number of benzene rings is 1. The Morgan fingerprint density at radius 1 is 1.17 bits per heavy atom. The zero-order valence-electron chi connectivity index (χ0n) is 7.55. The van der Waals surface area contributed by atoms with Gasteiger partial charge in [0.25, 0.3) is 0 Å². The van der Waals surface area contributed by atoms with Crippen LogP contribution >= 0.6 is 7.92 Å². The van der Waals surface area contributed by atoms with E-state index in [1.807, 2.05) is 6.07 Å². The van der Waals surface area contributed by atoms with Crippen LogP contribution in [0, 0.1) is 6.92 Å². The molecule has 1 aromatic carbocycles. The fraction of sp³-hybridized carbons (Fsp3) is 0.222. The van der Waals surface area contributed by atoms with Gasteiger partial charge in [0.05, 0.1) is 0 Å². The predicted molar refractivity (Wildman–Crippen MR) is 55.1 cm³/mol. The van der Waals surface area contributed by atoms with Gasteiger partial charge in [-0.05, 0) is 0 Å². The smallest absolute Gasteiger partial charge is 1.00 e. The van der Waals surface area contributed by atoms with Crippen molar-refractivity contribution in [3.63, 3.8) is 0 Å². The van der Waals surface area contributed by atoms with Crippen molar-refractivity contribution in [3.05, 3.63) is 36.8 Å². The minimum Gasteiger partial charge on any atom is -1.00 e. The molecule has 1 rings (SSSR count). The van der Waals surface area contributed by atoms with Crippen LogP contribution in [0.3, 0.4) is 0 Å². The molecule has 0 N–H and O–H groups in total. The van der Waals surface area contributed by atoms with E-state index >= 15 is 0 Å². The summed E-state index contributed by atoms with van der Waals surface area (Å²) in [6.07, 6.45) is 0. The molecule has 3 heteroatoms. The van der Waals surface area contributed by atoms with E-state index < -0.39 is 0 Å². The summed E-state index contributed by atoms with van der Waals surface area (Å²) < 4.78 is 0. The summed E-state index contributed by atoms with van der Waals surface area (Å²) in [5, 5.41) is 1.41. The van der Waals surface area contributed by atoms with Crippen LogP contribution in [0.2, 0.25) is 0 Å². The first-order valence-electron chi connectivity index (χ1n) is 3.30. The van der Waals surface area contributed by atoms with E-state index in [2.05, 4.69) is 38.5 Å². The van der Waals surface area contributed by atoms with E-state index in [0.29, 0.717) is 0 Å². The molecule has 0 unspecified atom stereocenters. The molecule has 0 aliphatic carbocycles. The van der Waals surface area contributed by atoms with Gasteiger partial charge in [-0.15, -0.1) is 25.4 Å². The van der Waals surface area contributed by atoms with Crippen molar-refractivity contribution in [2.45, 2.75) is 0 Å². The molecule has 0 bridgehead atoms. The van der Waals surface area contributed by atoms with Gasteiger partial charge in [0.1, 0.15) is 0 Å². The molecule has 0 spiro atoms. The Bertz CT molecular complexity index is 226. The van der Waals surface area contributed by atoms with Gasteiger partial charge < -0.3 is 12.4 Å². The minimum atomic E-state index is 0. The molecule has 0 aromatic heterocycles. The van der Waals surface area contributed by atoms with Crippen molar-refractivity contribution in [3.8, 4) is 0 Å². The Morgan fingerprint density at radius 2 is 1.67 bits per heavy atom. The number of halogens is 1. The van der Waals surface area contributed by atoms with Crippen LogP contribution in [0.4, 0.5) is 0 Å². The Balaban J connectivity index is 0. The Morgan fingerprint density at radius 3 is 2.00 bits per heavy atom. The van der Waals surface area contributed by atoms with E-state index in [4.69, 9.17) is 0 Å². The number of hydrogen-bond donors (Lipinski definition) is 0. The van der Waals surface area contributed by atoms with Gasteiger partial charge in [-0.2, -0.15) is 18.6 Å². The molecule has 0 atom stereocenters. The molecule has 0 fully saturated rings. The van der Waals surface area contributed by atoms with Crippen molar-refractivity contribution in [2.75, 3.05) is 13.3 Å². The Labute approximate surface area is 98.4 Å². The third-order valence-corrected chi connectivity index (χ3v) is 2.87. The number of hydrogen-bond acceptors (Lipinski definition) is 0. The van der Waals surface area contributed by atoms with Gasteiger partial charge in [-0.3, -0.25) is 0 Å². The van der Waals surface area contributed by atoms with Crippen LogP contribution < -0.4 is 17.7 Å². The molecule has 0 nitrogen and oxygen atoms in total. The molecule has 0 amide bonds. The molecule has 1 aromatic rings. The van der Waals surface area contributed by atoms with Crippen LogP contribution in [0.1, 0.15) is 5.56 Å². The van der Waals surface area contributed by atoms with Crippen molar-refractivity contribution in [1.29, 1.82) is 0 Å². The summed E-state index contributed by atoms with van der Waals surface area (Å²) >= 11 is 0. The standard InChI is InChI=1S/C9H12P.ClH.Mg/c1-8-6-4-5-7-9(8)10(2)3;;/h4-7H,1H2,2-3H3;1H;/q-1;;+2/p-1. The van der Waals surface area contributed by atoms with Crippen LogP contribution in [0.25, 0.3) is 0 Å². The van der Waals surface area contributed by atoms with E-state index in [-0.39, 0.29) is 43.4 Å². The van der Waals surface area contributed by atoms with Gasteiger partial charge in [-0.1, -0.05) is 19.4 Å². The first-order valence-corrected chi connectivity index (χ1v) is 5.54. The fourth-order valence-corrected chi connectivity index (χ4v) is 1.98. The first-order chi connectivity index (χ1) is 4.72. The summed E-state index contributed by atoms with van der Waals surface area (Å²) in [5.41, 5.74) is 1.18. The predicted octanol–water partition coefficient (Wildman–Crippen LogP) is -1.14. The van der Waals surface area contributed by atoms with E-state index in [9.17, 15) is 0 Å². The van der Waals surface area contributed by atoms with Crippen LogP contribution in [-0.2, 0) is 0 Å². The molecule has 0 heterocycles. The van der Waals surface area contributed by atoms with E-state index in [0.717, 1.165) is 0 Å². The molecular formula is C9H12ClMgP. The molecule has 12 heavy (non-hydrogen) atoms. The summed E-state index contributed by atoms with van der Waals surface area (Å²) in [6, 6.07) is 8.34. The molecule has 0 radical (unpaired) electrons. The third kappa shape index (κ3) is 4.00. The Hall–Kier alpha value is 0.576. The first kappa shape index (κ1) is 15.1. The van der Waals surface area contributed by atoms with Crippen molar-refractivity contribution >= 4 is 36.3 Å². The SMILES string of the molecule is [CH2-]c1ccccc1P(C)C.[Cl-].[Mg+2]. The van der Waals surface area contributed by atoms with E-state index in [1.165, 1.54) is 10.9 Å². The second-order valence-electron chi connectivity index (χ2n) is 2.52. The number of rotatable bonds is 1. The minimum absolute atomic E-state index is 0. The van der Waals surface area contributed by atoms with Gasteiger partial charge in [-0.25, -0.2) is 0 Å². The third-order valence-electron chi connectivity index (χ3n) is 1.47. The van der Waals surface area contributed by atoms with Gasteiger partial charge >= 0.3 is 23.1 Å². The monoisotopic (exact) mass is 210 g/mol. The average molecular weight is 211 g/mol. The van der Waals surface area contributed by atoms with Crippen molar-refractivity contribution in [1.82, 2.24) is 0 Å². The van der Waals surface area contributed by atoms with Crippen LogP contribution in [0.15, 0.2) is 24.3 Å². The van der Waals surface area contributed by atoms with Crippen molar-refractivity contribution in [2.24, 2.45) is 0 Å². The summed E-state index contributed by atoms with van der Waals surface area (Å²) in [4.78, 5) is 0. The Kier molecular flexibility index (Phi) is 8.82. The van der Waals surface area contributed by atoms with Crippen LogP contribution in [-0.4, -0.2) is 36.4 Å². The summed E-state index contributed by atoms with van der Waals surface area (Å²) in [5.74, 6) is 0. The molecule has 0 aliphatic rings. The second kappa shape index (κ2) is 7.03. The molecule has 0 saturated carbocycles. The molecule has 62 valence electrons. The van der Waals surface area contributed by atoms with Crippen molar-refractivity contribution < 1.29 is 12.4 Å². The van der Waals surface area contributed by atoms with Gasteiger partial charge in [0.2, 0.25) is 0 Å². The topological polar surface area (TPSA) is 0 Å². The summed E-state index contributed by atoms with van der Waals surface area (Å²) in [7, 11) is 0.0211. The maximum atomic E-state index is 3.96. The van der Waals surface area contributed by atoms with Crippen LogP contribution in [0.5, 0.6) is 0 Å². The van der Waals surface area contributed by atoms with Gasteiger partial charge in [0.15, 0.2) is 0 Å². The van der Waals surface area contributed by atoms with Gasteiger partial charge in [0, 0.05) is 0 Å². The quantitative estimate of drug-likeness (QED) is 0.313. The average Bonchev–Trinajstić information content (AvgIpc) is 1.88. The maximum absolute atomic E-state index is 3.96. The second-order valence-corrected chi connectivity index (χ2v) is 4.79. The maximum Gasteiger partial charge on any atom is 2.00 e. The van der Waals surface area contributed by atoms with E-state index in [1.54, 1.807) is 0 Å². The zero-order chi connectivity index (χ0) is 7.56. The molecular weight excluding hydrogens is 199 g/mol. The largest absolute Gasteiger partial charge is 2.00 e. The molecule has 0 aliphatic heterocycles. The molecule has 0 saturated heterocycles. The normalized spacial score (nSPS) is 8.58. The zero-order valence-corrected chi connectivity index (χ0v) is 10.6. The fourth-order valence-electron chi connectivity index (χ4n) is 0.947. The summed E-state index contributed by atoms with van der Waals surface area (Å²) in [6.45, 7) is 8.46.